The van der Waals surface area contributed by atoms with E-state index in [1.54, 1.807) is 6.92 Å². The monoisotopic (exact) mass is 463 g/mol. The predicted molar refractivity (Wildman–Crippen MR) is 123 cm³/mol. The van der Waals surface area contributed by atoms with E-state index < -0.39 is 23.5 Å². The van der Waals surface area contributed by atoms with Crippen molar-refractivity contribution >= 4 is 34.4 Å². The van der Waals surface area contributed by atoms with Crippen molar-refractivity contribution in [2.75, 3.05) is 11.9 Å². The van der Waals surface area contributed by atoms with Crippen LogP contribution in [0.1, 0.15) is 45.3 Å². The Labute approximate surface area is 193 Å². The minimum Gasteiger partial charge on any atom is -0.480 e. The van der Waals surface area contributed by atoms with E-state index >= 15 is 0 Å². The number of aliphatic carboxylic acids is 1. The quantitative estimate of drug-likeness (QED) is 0.505. The summed E-state index contributed by atoms with van der Waals surface area (Å²) in [6.45, 7) is 1.80. The van der Waals surface area contributed by atoms with Crippen LogP contribution >= 0.6 is 11.3 Å². The number of nitrogens with one attached hydrogen (secondary N) is 2. The Kier molecular flexibility index (Phi) is 5.13. The van der Waals surface area contributed by atoms with Crippen LogP contribution in [0.4, 0.5) is 9.93 Å². The third kappa shape index (κ3) is 3.84. The maximum Gasteiger partial charge on any atom is 0.413 e. The normalized spacial score (nSPS) is 15.3. The Morgan fingerprint density at radius 2 is 1.70 bits per heavy atom. The van der Waals surface area contributed by atoms with Gasteiger partial charge in [-0.1, -0.05) is 59.9 Å². The van der Waals surface area contributed by atoms with Gasteiger partial charge in [0.15, 0.2) is 5.13 Å². The van der Waals surface area contributed by atoms with Gasteiger partial charge in [-0.3, -0.25) is 10.1 Å². The number of anilines is 1. The Bertz CT molecular complexity index is 1240. The smallest absolute Gasteiger partial charge is 0.413 e. The fourth-order valence-corrected chi connectivity index (χ4v) is 5.02. The molecule has 9 heteroatoms. The highest BCUT2D eigenvalue weighted by atomic mass is 32.1. The molecule has 2 amide bonds. The SMILES string of the molecule is Cc1nc(NC(=O)OCC2c3ccccc3-c3ccccc32)sc1C(=O)NC1(C(=O)O)CC1. The van der Waals surface area contributed by atoms with Crippen molar-refractivity contribution in [3.05, 3.63) is 70.2 Å². The molecule has 0 aliphatic heterocycles. The lowest BCUT2D eigenvalue weighted by Gasteiger charge is -2.14. The van der Waals surface area contributed by atoms with Gasteiger partial charge in [0.1, 0.15) is 17.0 Å². The minimum absolute atomic E-state index is 0.0618. The molecule has 1 saturated carbocycles. The number of aromatic nitrogens is 1. The zero-order chi connectivity index (χ0) is 23.2. The topological polar surface area (TPSA) is 118 Å². The third-order valence-electron chi connectivity index (χ3n) is 6.07. The highest BCUT2D eigenvalue weighted by molar-refractivity contribution is 7.17. The molecule has 33 heavy (non-hydrogen) atoms. The number of amides is 2. The molecular formula is C24H21N3O5S. The van der Waals surface area contributed by atoms with Crippen molar-refractivity contribution in [2.24, 2.45) is 0 Å². The summed E-state index contributed by atoms with van der Waals surface area (Å²) in [5, 5.41) is 14.6. The number of carbonyl (C=O) groups excluding carboxylic acids is 2. The average Bonchev–Trinajstić information content (AvgIpc) is 3.39. The van der Waals surface area contributed by atoms with Crippen LogP contribution in [0.5, 0.6) is 0 Å². The van der Waals surface area contributed by atoms with Gasteiger partial charge in [-0.15, -0.1) is 0 Å². The van der Waals surface area contributed by atoms with Crippen molar-refractivity contribution < 1.29 is 24.2 Å². The first kappa shape index (κ1) is 21.1. The number of nitrogens with zero attached hydrogens (tertiary/aromatic N) is 1. The highest BCUT2D eigenvalue weighted by Gasteiger charge is 2.52. The van der Waals surface area contributed by atoms with Gasteiger partial charge in [-0.25, -0.2) is 14.6 Å². The number of ether oxygens (including phenoxy) is 1. The van der Waals surface area contributed by atoms with Crippen LogP contribution in [0, 0.1) is 6.92 Å². The first-order chi connectivity index (χ1) is 15.9. The van der Waals surface area contributed by atoms with Crippen molar-refractivity contribution in [2.45, 2.75) is 31.2 Å². The zero-order valence-electron chi connectivity index (χ0n) is 17.8. The molecule has 0 saturated heterocycles. The minimum atomic E-state index is -1.19. The molecule has 0 radical (unpaired) electrons. The largest absolute Gasteiger partial charge is 0.480 e. The summed E-state index contributed by atoms with van der Waals surface area (Å²) in [6.07, 6.45) is 0.134. The highest BCUT2D eigenvalue weighted by Crippen LogP contribution is 2.44. The van der Waals surface area contributed by atoms with E-state index in [2.05, 4.69) is 27.8 Å². The van der Waals surface area contributed by atoms with Crippen LogP contribution in [0.25, 0.3) is 11.1 Å². The summed E-state index contributed by atoms with van der Waals surface area (Å²) >= 11 is 0.983. The molecule has 1 heterocycles. The van der Waals surface area contributed by atoms with Crippen LogP contribution in [-0.2, 0) is 9.53 Å². The van der Waals surface area contributed by atoms with Gasteiger partial charge in [-0.05, 0) is 42.0 Å². The van der Waals surface area contributed by atoms with E-state index in [4.69, 9.17) is 4.74 Å². The number of carboxylic acid groups (broad SMARTS) is 1. The van der Waals surface area contributed by atoms with E-state index in [-0.39, 0.29) is 22.5 Å². The fourth-order valence-electron chi connectivity index (χ4n) is 4.17. The lowest BCUT2D eigenvalue weighted by atomic mass is 9.98. The average molecular weight is 464 g/mol. The zero-order valence-corrected chi connectivity index (χ0v) is 18.6. The number of thiazole rings is 1. The molecule has 1 fully saturated rings. The van der Waals surface area contributed by atoms with Crippen molar-refractivity contribution in [3.8, 4) is 11.1 Å². The van der Waals surface area contributed by atoms with Crippen LogP contribution in [0.15, 0.2) is 48.5 Å². The second-order valence-electron chi connectivity index (χ2n) is 8.23. The van der Waals surface area contributed by atoms with Crippen LogP contribution in [0.3, 0.4) is 0 Å². The van der Waals surface area contributed by atoms with Gasteiger partial charge >= 0.3 is 12.1 Å². The van der Waals surface area contributed by atoms with Gasteiger partial charge in [0.05, 0.1) is 5.69 Å². The summed E-state index contributed by atoms with van der Waals surface area (Å²) in [7, 11) is 0. The number of carbonyl (C=O) groups is 3. The summed E-state index contributed by atoms with van der Waals surface area (Å²) in [5.74, 6) is -1.62. The van der Waals surface area contributed by atoms with Crippen LogP contribution in [-0.4, -0.2) is 40.2 Å². The molecule has 8 nitrogen and oxygen atoms in total. The number of benzene rings is 2. The molecular weight excluding hydrogens is 442 g/mol. The molecule has 3 aromatic rings. The van der Waals surface area contributed by atoms with Crippen LogP contribution < -0.4 is 10.6 Å². The molecule has 0 unspecified atom stereocenters. The standard InChI is InChI=1S/C24H21N3O5S/c1-13-19(20(28)27-24(10-11-24)21(29)30)33-22(25-13)26-23(31)32-12-18-16-8-4-2-6-14(16)15-7-3-5-9-17(15)18/h2-9,18H,10-12H2,1H3,(H,27,28)(H,29,30)(H,25,26,31). The van der Waals surface area contributed by atoms with E-state index in [0.717, 1.165) is 33.6 Å². The van der Waals surface area contributed by atoms with E-state index in [1.165, 1.54) is 0 Å². The third-order valence-corrected chi connectivity index (χ3v) is 7.14. The van der Waals surface area contributed by atoms with Crippen molar-refractivity contribution in [1.29, 1.82) is 0 Å². The first-order valence-corrected chi connectivity index (χ1v) is 11.3. The van der Waals surface area contributed by atoms with Crippen molar-refractivity contribution in [1.82, 2.24) is 10.3 Å². The lowest BCUT2D eigenvalue weighted by molar-refractivity contribution is -0.140. The number of carboxylic acids is 1. The van der Waals surface area contributed by atoms with Gasteiger partial charge in [0.25, 0.3) is 5.91 Å². The summed E-state index contributed by atoms with van der Waals surface area (Å²) in [6, 6.07) is 16.1. The van der Waals surface area contributed by atoms with Gasteiger partial charge in [-0.2, -0.15) is 0 Å². The van der Waals surface area contributed by atoms with Gasteiger partial charge < -0.3 is 15.2 Å². The summed E-state index contributed by atoms with van der Waals surface area (Å²) < 4.78 is 5.51. The van der Waals surface area contributed by atoms with Gasteiger partial charge in [0, 0.05) is 5.92 Å². The molecule has 0 bridgehead atoms. The first-order valence-electron chi connectivity index (χ1n) is 10.5. The Hall–Kier alpha value is -3.72. The Morgan fingerprint density at radius 1 is 1.09 bits per heavy atom. The molecule has 0 spiro atoms. The molecule has 0 atom stereocenters. The van der Waals surface area contributed by atoms with Crippen molar-refractivity contribution in [3.63, 3.8) is 0 Å². The van der Waals surface area contributed by atoms with E-state index in [0.29, 0.717) is 18.5 Å². The molecule has 168 valence electrons. The lowest BCUT2D eigenvalue weighted by Crippen LogP contribution is -2.42. The van der Waals surface area contributed by atoms with Crippen LogP contribution in [0.2, 0.25) is 0 Å². The summed E-state index contributed by atoms with van der Waals surface area (Å²) in [4.78, 5) is 40.8. The number of hydrogen-bond donors (Lipinski definition) is 3. The Balaban J connectivity index is 1.24. The maximum absolute atomic E-state index is 12.5. The van der Waals surface area contributed by atoms with Gasteiger partial charge in [0.2, 0.25) is 0 Å². The molecule has 2 aliphatic rings. The number of hydrogen-bond acceptors (Lipinski definition) is 6. The molecule has 5 rings (SSSR count). The maximum atomic E-state index is 12.5. The number of rotatable bonds is 6. The second-order valence-corrected chi connectivity index (χ2v) is 9.22. The Morgan fingerprint density at radius 3 is 2.27 bits per heavy atom. The second kappa shape index (κ2) is 8.00. The number of aryl methyl sites for hydroxylation is 1. The van der Waals surface area contributed by atoms with E-state index in [9.17, 15) is 19.5 Å². The predicted octanol–water partition coefficient (Wildman–Crippen LogP) is 4.16. The molecule has 1 aromatic heterocycles. The number of fused-ring (bicyclic) bond motifs is 3. The van der Waals surface area contributed by atoms with E-state index in [1.807, 2.05) is 36.4 Å². The summed E-state index contributed by atoms with van der Waals surface area (Å²) in [5.41, 5.74) is 3.73. The molecule has 2 aromatic carbocycles. The fraction of sp³-hybridized carbons (Fsp3) is 0.250. The molecule has 3 N–H and O–H groups in total. The molecule has 2 aliphatic carbocycles.